The summed E-state index contributed by atoms with van der Waals surface area (Å²) in [5, 5.41) is 0. The molecule has 0 unspecified atom stereocenters. The van der Waals surface area contributed by atoms with Crippen molar-refractivity contribution in [3.8, 4) is 0 Å². The number of rotatable bonds is 6. The van der Waals surface area contributed by atoms with Gasteiger partial charge in [-0.25, -0.2) is 18.6 Å². The zero-order chi connectivity index (χ0) is 19.6. The van der Waals surface area contributed by atoms with Gasteiger partial charge in [-0.15, -0.1) is 0 Å². The van der Waals surface area contributed by atoms with Crippen molar-refractivity contribution in [3.63, 3.8) is 0 Å². The van der Waals surface area contributed by atoms with Crippen molar-refractivity contribution in [3.05, 3.63) is 34.3 Å². The first kappa shape index (κ1) is 20.6. The number of ether oxygens (including phenoxy) is 2. The molecule has 0 N–H and O–H groups in total. The summed E-state index contributed by atoms with van der Waals surface area (Å²) >= 11 is 2.97. The Kier molecular flexibility index (Phi) is 6.25. The van der Waals surface area contributed by atoms with E-state index in [4.69, 9.17) is 4.74 Å². The van der Waals surface area contributed by atoms with E-state index < -0.39 is 41.1 Å². The van der Waals surface area contributed by atoms with Gasteiger partial charge in [0, 0.05) is 5.56 Å². The van der Waals surface area contributed by atoms with Gasteiger partial charge in [0.1, 0.15) is 5.69 Å². The molecule has 2 rings (SSSR count). The molecule has 144 valence electrons. The summed E-state index contributed by atoms with van der Waals surface area (Å²) in [5.41, 5.74) is -4.02. The Hall–Kier alpha value is -1.71. The van der Waals surface area contributed by atoms with Gasteiger partial charge in [-0.3, -0.25) is 0 Å². The van der Waals surface area contributed by atoms with Crippen LogP contribution in [0.1, 0.15) is 52.1 Å². The van der Waals surface area contributed by atoms with E-state index in [1.165, 1.54) is 7.11 Å². The van der Waals surface area contributed by atoms with Crippen molar-refractivity contribution in [1.82, 2.24) is 4.98 Å². The zero-order valence-corrected chi connectivity index (χ0v) is 15.4. The molecule has 0 spiro atoms. The summed E-state index contributed by atoms with van der Waals surface area (Å²) in [6.45, 7) is 0. The summed E-state index contributed by atoms with van der Waals surface area (Å²) in [7, 11) is 2.19. The van der Waals surface area contributed by atoms with E-state index in [0.717, 1.165) is 26.2 Å². The predicted octanol–water partition coefficient (Wildman–Crippen LogP) is 5.12. The molecular weight excluding hydrogens is 429 g/mol. The van der Waals surface area contributed by atoms with Gasteiger partial charge in [-0.05, 0) is 46.7 Å². The van der Waals surface area contributed by atoms with Gasteiger partial charge in [-0.2, -0.15) is 13.2 Å². The topological polar surface area (TPSA) is 48.4 Å². The van der Waals surface area contributed by atoms with Crippen LogP contribution in [0.4, 0.5) is 22.0 Å². The Bertz CT molecular complexity index is 730. The first-order valence-electron chi connectivity index (χ1n) is 7.51. The van der Waals surface area contributed by atoms with Crippen LogP contribution in [-0.2, 0) is 22.1 Å². The monoisotopic (exact) mass is 443 g/mol. The van der Waals surface area contributed by atoms with Crippen molar-refractivity contribution in [2.45, 2.75) is 31.9 Å². The van der Waals surface area contributed by atoms with E-state index in [1.54, 1.807) is 0 Å². The number of hydrogen-bond donors (Lipinski definition) is 0. The normalized spacial score (nSPS) is 15.3. The fraction of sp³-hybridized carbons (Fsp3) is 0.500. The summed E-state index contributed by atoms with van der Waals surface area (Å²) in [4.78, 5) is 15.2. The number of alkyl halides is 5. The largest absolute Gasteiger partial charge is 0.503 e. The van der Waals surface area contributed by atoms with Crippen LogP contribution < -0.4 is 0 Å². The van der Waals surface area contributed by atoms with Crippen LogP contribution in [0.25, 0.3) is 4.48 Å². The number of carbonyl (C=O) groups is 1. The standard InChI is InChI=1S/C16H15BrF5NO3/c1-25-6-9(17)10-8(5-7-3-4-7)11(15(24)26-2)12(14(18)19)23-13(10)16(20,21)22/h6-7,14H,3-5H2,1-2H3/b9-6-. The molecule has 1 aromatic heterocycles. The minimum atomic E-state index is -5.01. The molecular formula is C16H15BrF5NO3. The third kappa shape index (κ3) is 4.33. The maximum atomic E-state index is 13.5. The minimum absolute atomic E-state index is 0.00834. The number of aromatic nitrogens is 1. The number of esters is 1. The molecule has 1 aliphatic carbocycles. The highest BCUT2D eigenvalue weighted by molar-refractivity contribution is 9.15. The summed E-state index contributed by atoms with van der Waals surface area (Å²) in [6, 6.07) is 0. The molecule has 0 bridgehead atoms. The molecule has 1 aliphatic rings. The van der Waals surface area contributed by atoms with Gasteiger partial charge < -0.3 is 9.47 Å². The van der Waals surface area contributed by atoms with E-state index in [0.29, 0.717) is 0 Å². The van der Waals surface area contributed by atoms with Crippen molar-refractivity contribution < 1.29 is 36.2 Å². The first-order chi connectivity index (χ1) is 12.1. The minimum Gasteiger partial charge on any atom is -0.503 e. The van der Waals surface area contributed by atoms with Crippen LogP contribution >= 0.6 is 15.9 Å². The lowest BCUT2D eigenvalue weighted by Crippen LogP contribution is -2.21. The maximum Gasteiger partial charge on any atom is 0.434 e. The fourth-order valence-electron chi connectivity index (χ4n) is 2.58. The molecule has 1 aromatic rings. The smallest absolute Gasteiger partial charge is 0.434 e. The molecule has 26 heavy (non-hydrogen) atoms. The molecule has 1 fully saturated rings. The Labute approximate surface area is 154 Å². The lowest BCUT2D eigenvalue weighted by atomic mass is 9.93. The Morgan fingerprint density at radius 3 is 2.35 bits per heavy atom. The average Bonchev–Trinajstić information content (AvgIpc) is 3.36. The van der Waals surface area contributed by atoms with Crippen LogP contribution in [0.2, 0.25) is 0 Å². The number of halogens is 6. The lowest BCUT2D eigenvalue weighted by Gasteiger charge is -2.21. The van der Waals surface area contributed by atoms with Gasteiger partial charge in [0.2, 0.25) is 0 Å². The van der Waals surface area contributed by atoms with Crippen LogP contribution in [0.15, 0.2) is 6.26 Å². The van der Waals surface area contributed by atoms with Crippen LogP contribution in [-0.4, -0.2) is 25.2 Å². The van der Waals surface area contributed by atoms with Crippen molar-refractivity contribution in [2.24, 2.45) is 5.92 Å². The van der Waals surface area contributed by atoms with Crippen molar-refractivity contribution >= 4 is 26.4 Å². The Balaban J connectivity index is 2.91. The van der Waals surface area contributed by atoms with E-state index in [2.05, 4.69) is 25.7 Å². The van der Waals surface area contributed by atoms with Crippen molar-refractivity contribution in [2.75, 3.05) is 14.2 Å². The molecule has 1 saturated carbocycles. The van der Waals surface area contributed by atoms with Gasteiger partial charge in [-0.1, -0.05) is 0 Å². The van der Waals surface area contributed by atoms with E-state index in [-0.39, 0.29) is 22.4 Å². The molecule has 0 radical (unpaired) electrons. The van der Waals surface area contributed by atoms with E-state index in [1.807, 2.05) is 0 Å². The molecule has 1 heterocycles. The summed E-state index contributed by atoms with van der Waals surface area (Å²) in [5.74, 6) is -1.15. The van der Waals surface area contributed by atoms with Gasteiger partial charge in [0.05, 0.1) is 30.5 Å². The van der Waals surface area contributed by atoms with Crippen LogP contribution in [0, 0.1) is 5.92 Å². The highest BCUT2D eigenvalue weighted by atomic mass is 79.9. The summed E-state index contributed by atoms with van der Waals surface area (Å²) in [6.07, 6.45) is -5.91. The number of carbonyl (C=O) groups excluding carboxylic acids is 1. The number of nitrogens with zero attached hydrogens (tertiary/aromatic N) is 1. The number of methoxy groups -OCH3 is 2. The lowest BCUT2D eigenvalue weighted by molar-refractivity contribution is -0.141. The molecule has 0 amide bonds. The average molecular weight is 444 g/mol. The first-order valence-corrected chi connectivity index (χ1v) is 8.30. The SMILES string of the molecule is CO/C=C(\Br)c1c(C(F)(F)F)nc(C(F)F)c(C(=O)OC)c1CC1CC1. The number of pyridine rings is 1. The molecule has 0 aromatic carbocycles. The van der Waals surface area contributed by atoms with Crippen LogP contribution in [0.3, 0.4) is 0 Å². The second-order valence-corrected chi connectivity index (χ2v) is 6.57. The third-order valence-corrected chi connectivity index (χ3v) is 4.43. The Morgan fingerprint density at radius 1 is 1.31 bits per heavy atom. The van der Waals surface area contributed by atoms with E-state index in [9.17, 15) is 26.7 Å². The van der Waals surface area contributed by atoms with Crippen LogP contribution in [0.5, 0.6) is 0 Å². The molecule has 0 saturated heterocycles. The molecule has 10 heteroatoms. The third-order valence-electron chi connectivity index (χ3n) is 3.84. The fourth-order valence-corrected chi connectivity index (χ4v) is 3.20. The zero-order valence-electron chi connectivity index (χ0n) is 13.8. The van der Waals surface area contributed by atoms with Gasteiger partial charge >= 0.3 is 12.1 Å². The maximum absolute atomic E-state index is 13.5. The van der Waals surface area contributed by atoms with Gasteiger partial charge in [0.25, 0.3) is 6.43 Å². The molecule has 4 nitrogen and oxygen atoms in total. The quantitative estimate of drug-likeness (QED) is 0.348. The highest BCUT2D eigenvalue weighted by Gasteiger charge is 2.42. The summed E-state index contributed by atoms with van der Waals surface area (Å²) < 4.78 is 76.5. The molecule has 0 atom stereocenters. The van der Waals surface area contributed by atoms with E-state index >= 15 is 0 Å². The number of hydrogen-bond acceptors (Lipinski definition) is 4. The molecule has 0 aliphatic heterocycles. The Morgan fingerprint density at radius 2 is 1.92 bits per heavy atom. The predicted molar refractivity (Wildman–Crippen MR) is 85.9 cm³/mol. The highest BCUT2D eigenvalue weighted by Crippen LogP contribution is 2.44. The second-order valence-electron chi connectivity index (χ2n) is 5.71. The van der Waals surface area contributed by atoms with Crippen molar-refractivity contribution in [1.29, 1.82) is 0 Å². The second kappa shape index (κ2) is 7.89. The van der Waals surface area contributed by atoms with Gasteiger partial charge in [0.15, 0.2) is 5.69 Å².